The van der Waals surface area contributed by atoms with Crippen LogP contribution in [0.2, 0.25) is 0 Å². The van der Waals surface area contributed by atoms with Gasteiger partial charge in [-0.1, -0.05) is 25.5 Å². The van der Waals surface area contributed by atoms with Crippen LogP contribution in [0.15, 0.2) is 23.3 Å². The monoisotopic (exact) mass is 304 g/mol. The SMILES string of the molecule is CCCC(C)(CNC(=O)C1=CCCC1)NC(=O)C1=CCCC1. The van der Waals surface area contributed by atoms with Crippen LogP contribution >= 0.6 is 0 Å². The van der Waals surface area contributed by atoms with E-state index in [1.54, 1.807) is 0 Å². The predicted octanol–water partition coefficient (Wildman–Crippen LogP) is 3.00. The molecule has 2 aliphatic rings. The van der Waals surface area contributed by atoms with Gasteiger partial charge < -0.3 is 10.6 Å². The Labute approximate surface area is 133 Å². The van der Waals surface area contributed by atoms with Gasteiger partial charge in [0.1, 0.15) is 0 Å². The second kappa shape index (κ2) is 7.61. The molecule has 0 radical (unpaired) electrons. The average molecular weight is 304 g/mol. The van der Waals surface area contributed by atoms with Gasteiger partial charge in [-0.05, 0) is 51.9 Å². The van der Waals surface area contributed by atoms with Crippen molar-refractivity contribution in [1.82, 2.24) is 10.6 Å². The van der Waals surface area contributed by atoms with E-state index in [1.165, 1.54) is 0 Å². The second-order valence-corrected chi connectivity index (χ2v) is 6.69. The van der Waals surface area contributed by atoms with Crippen molar-refractivity contribution in [3.8, 4) is 0 Å². The molecule has 0 aromatic rings. The molecular weight excluding hydrogens is 276 g/mol. The van der Waals surface area contributed by atoms with Gasteiger partial charge in [0.05, 0.1) is 5.54 Å². The van der Waals surface area contributed by atoms with E-state index in [1.807, 2.05) is 19.1 Å². The van der Waals surface area contributed by atoms with Gasteiger partial charge >= 0.3 is 0 Å². The number of hydrogen-bond donors (Lipinski definition) is 2. The Hall–Kier alpha value is -1.58. The Morgan fingerprint density at radius 2 is 1.68 bits per heavy atom. The van der Waals surface area contributed by atoms with Crippen molar-refractivity contribution in [2.75, 3.05) is 6.54 Å². The number of nitrogens with one attached hydrogen (secondary N) is 2. The molecule has 122 valence electrons. The summed E-state index contributed by atoms with van der Waals surface area (Å²) in [7, 11) is 0. The van der Waals surface area contributed by atoms with Crippen molar-refractivity contribution < 1.29 is 9.59 Å². The van der Waals surface area contributed by atoms with Crippen molar-refractivity contribution >= 4 is 11.8 Å². The highest BCUT2D eigenvalue weighted by Crippen LogP contribution is 2.21. The fourth-order valence-electron chi connectivity index (χ4n) is 3.24. The summed E-state index contributed by atoms with van der Waals surface area (Å²) >= 11 is 0. The minimum Gasteiger partial charge on any atom is -0.350 e. The first-order valence-electron chi connectivity index (χ1n) is 8.53. The van der Waals surface area contributed by atoms with Crippen molar-refractivity contribution in [1.29, 1.82) is 0 Å². The van der Waals surface area contributed by atoms with Crippen LogP contribution in [0.4, 0.5) is 0 Å². The summed E-state index contributed by atoms with van der Waals surface area (Å²) in [6.45, 7) is 4.60. The fraction of sp³-hybridized carbons (Fsp3) is 0.667. The van der Waals surface area contributed by atoms with E-state index in [2.05, 4.69) is 17.6 Å². The van der Waals surface area contributed by atoms with Crippen LogP contribution < -0.4 is 10.6 Å². The molecule has 22 heavy (non-hydrogen) atoms. The smallest absolute Gasteiger partial charge is 0.247 e. The van der Waals surface area contributed by atoms with E-state index in [-0.39, 0.29) is 17.4 Å². The summed E-state index contributed by atoms with van der Waals surface area (Å²) in [6.07, 6.45) is 11.7. The standard InChI is InChI=1S/C18H28N2O2/c1-3-12-18(2,20-17(22)15-10-6-7-11-15)13-19-16(21)14-8-4-5-9-14/h8,10H,3-7,9,11-13H2,1-2H3,(H,19,21)(H,20,22). The lowest BCUT2D eigenvalue weighted by Crippen LogP contribution is -2.53. The Balaban J connectivity index is 1.91. The lowest BCUT2D eigenvalue weighted by atomic mass is 9.95. The highest BCUT2D eigenvalue weighted by molar-refractivity contribution is 5.95. The predicted molar refractivity (Wildman–Crippen MR) is 88.3 cm³/mol. The van der Waals surface area contributed by atoms with Gasteiger partial charge in [-0.25, -0.2) is 0 Å². The number of hydrogen-bond acceptors (Lipinski definition) is 2. The maximum absolute atomic E-state index is 12.3. The third kappa shape index (κ3) is 4.46. The fourth-order valence-corrected chi connectivity index (χ4v) is 3.24. The quantitative estimate of drug-likeness (QED) is 0.759. The van der Waals surface area contributed by atoms with Gasteiger partial charge in [-0.2, -0.15) is 0 Å². The van der Waals surface area contributed by atoms with E-state index in [0.717, 1.165) is 62.5 Å². The van der Waals surface area contributed by atoms with Crippen LogP contribution in [0.3, 0.4) is 0 Å². The van der Waals surface area contributed by atoms with Gasteiger partial charge in [0, 0.05) is 17.7 Å². The lowest BCUT2D eigenvalue weighted by molar-refractivity contribution is -0.121. The van der Waals surface area contributed by atoms with Crippen LogP contribution in [0, 0.1) is 0 Å². The first-order chi connectivity index (χ1) is 10.5. The van der Waals surface area contributed by atoms with Crippen LogP contribution in [-0.4, -0.2) is 23.9 Å². The first-order valence-corrected chi connectivity index (χ1v) is 8.53. The zero-order valence-electron chi connectivity index (χ0n) is 13.8. The minimum atomic E-state index is -0.385. The number of carbonyl (C=O) groups excluding carboxylic acids is 2. The molecule has 0 heterocycles. The van der Waals surface area contributed by atoms with E-state index in [4.69, 9.17) is 0 Å². The van der Waals surface area contributed by atoms with Gasteiger partial charge in [0.25, 0.3) is 0 Å². The van der Waals surface area contributed by atoms with Crippen molar-refractivity contribution in [2.45, 2.75) is 70.8 Å². The van der Waals surface area contributed by atoms with Crippen molar-refractivity contribution in [3.05, 3.63) is 23.3 Å². The molecule has 2 rings (SSSR count). The molecule has 1 atom stereocenters. The van der Waals surface area contributed by atoms with E-state index in [0.29, 0.717) is 6.54 Å². The topological polar surface area (TPSA) is 58.2 Å². The molecule has 2 N–H and O–H groups in total. The zero-order valence-corrected chi connectivity index (χ0v) is 13.8. The Bertz CT molecular complexity index is 493. The number of carbonyl (C=O) groups is 2. The average Bonchev–Trinajstić information content (AvgIpc) is 3.17. The van der Waals surface area contributed by atoms with Crippen molar-refractivity contribution in [3.63, 3.8) is 0 Å². The summed E-state index contributed by atoms with van der Waals surface area (Å²) < 4.78 is 0. The van der Waals surface area contributed by atoms with Crippen LogP contribution in [0.25, 0.3) is 0 Å². The third-order valence-electron chi connectivity index (χ3n) is 4.52. The van der Waals surface area contributed by atoms with E-state index < -0.39 is 0 Å². The van der Waals surface area contributed by atoms with Gasteiger partial charge in [0.2, 0.25) is 11.8 Å². The third-order valence-corrected chi connectivity index (χ3v) is 4.52. The molecule has 0 fully saturated rings. The molecule has 0 saturated heterocycles. The maximum atomic E-state index is 12.3. The molecule has 0 aliphatic heterocycles. The largest absolute Gasteiger partial charge is 0.350 e. The van der Waals surface area contributed by atoms with E-state index >= 15 is 0 Å². The molecule has 0 saturated carbocycles. The summed E-state index contributed by atoms with van der Waals surface area (Å²) in [6, 6.07) is 0. The highest BCUT2D eigenvalue weighted by atomic mass is 16.2. The molecule has 2 amide bonds. The normalized spacial score (nSPS) is 20.1. The Kier molecular flexibility index (Phi) is 5.81. The van der Waals surface area contributed by atoms with Crippen LogP contribution in [-0.2, 0) is 9.59 Å². The Morgan fingerprint density at radius 3 is 2.18 bits per heavy atom. The number of rotatable bonds is 7. The summed E-state index contributed by atoms with van der Waals surface area (Å²) in [5.41, 5.74) is 1.40. The van der Waals surface area contributed by atoms with Crippen LogP contribution in [0.5, 0.6) is 0 Å². The summed E-state index contributed by atoms with van der Waals surface area (Å²) in [5, 5.41) is 6.15. The molecule has 0 aromatic heterocycles. The van der Waals surface area contributed by atoms with Gasteiger partial charge in [-0.3, -0.25) is 9.59 Å². The van der Waals surface area contributed by atoms with E-state index in [9.17, 15) is 9.59 Å². The molecule has 2 aliphatic carbocycles. The zero-order chi connectivity index (χ0) is 16.0. The first kappa shape index (κ1) is 16.8. The number of allylic oxidation sites excluding steroid dienone is 2. The highest BCUT2D eigenvalue weighted by Gasteiger charge is 2.28. The van der Waals surface area contributed by atoms with Crippen molar-refractivity contribution in [2.24, 2.45) is 0 Å². The number of amides is 2. The molecule has 0 spiro atoms. The summed E-state index contributed by atoms with van der Waals surface area (Å²) in [4.78, 5) is 24.5. The minimum absolute atomic E-state index is 0.0224. The molecular formula is C18H28N2O2. The van der Waals surface area contributed by atoms with Gasteiger partial charge in [0.15, 0.2) is 0 Å². The molecule has 0 bridgehead atoms. The second-order valence-electron chi connectivity index (χ2n) is 6.69. The summed E-state index contributed by atoms with van der Waals surface area (Å²) in [5.74, 6) is 0.0527. The molecule has 0 aromatic carbocycles. The molecule has 4 nitrogen and oxygen atoms in total. The molecule has 1 unspecified atom stereocenters. The maximum Gasteiger partial charge on any atom is 0.247 e. The lowest BCUT2D eigenvalue weighted by Gasteiger charge is -2.31. The van der Waals surface area contributed by atoms with Crippen LogP contribution in [0.1, 0.15) is 65.2 Å². The Morgan fingerprint density at radius 1 is 1.09 bits per heavy atom. The van der Waals surface area contributed by atoms with Gasteiger partial charge in [-0.15, -0.1) is 0 Å². The molecule has 4 heteroatoms.